The molecule has 0 saturated carbocycles. The largest absolute Gasteiger partial charge is 0.356 e. The Labute approximate surface area is 177 Å². The van der Waals surface area contributed by atoms with Gasteiger partial charge in [0.1, 0.15) is 0 Å². The first-order chi connectivity index (χ1) is 14.2. The summed E-state index contributed by atoms with van der Waals surface area (Å²) in [7, 11) is -3.65. The van der Waals surface area contributed by atoms with Crippen molar-refractivity contribution in [2.75, 3.05) is 11.1 Å². The first kappa shape index (κ1) is 21.8. The van der Waals surface area contributed by atoms with E-state index in [0.29, 0.717) is 16.9 Å². The van der Waals surface area contributed by atoms with E-state index in [1.54, 1.807) is 19.1 Å². The Morgan fingerprint density at radius 2 is 1.83 bits per heavy atom. The first-order valence-corrected chi connectivity index (χ1v) is 11.5. The third-order valence-electron chi connectivity index (χ3n) is 5.21. The van der Waals surface area contributed by atoms with E-state index in [0.717, 1.165) is 28.9 Å². The van der Waals surface area contributed by atoms with Gasteiger partial charge in [-0.05, 0) is 50.5 Å². The Morgan fingerprint density at radius 3 is 2.50 bits per heavy atom. The zero-order valence-electron chi connectivity index (χ0n) is 17.7. The van der Waals surface area contributed by atoms with Gasteiger partial charge in [0.15, 0.2) is 15.6 Å². The summed E-state index contributed by atoms with van der Waals surface area (Å²) in [6.07, 6.45) is 0.658. The second-order valence-corrected chi connectivity index (χ2v) is 9.41. The van der Waals surface area contributed by atoms with Gasteiger partial charge >= 0.3 is 0 Å². The average Bonchev–Trinajstić information content (AvgIpc) is 3.06. The molecule has 0 aliphatic heterocycles. The standard InChI is InChI=1S/C23H26N2O4S/c1-5-18-8-6-7-9-20(18)24-22(26)12-13-30(27,28)21-14-19(11-10-15(21)2)23-16(3)17(4)25-29-23/h6-11,14H,5,12-13H2,1-4H3,(H,24,26). The van der Waals surface area contributed by atoms with Gasteiger partial charge in [-0.1, -0.05) is 42.4 Å². The van der Waals surface area contributed by atoms with Gasteiger partial charge in [0.25, 0.3) is 0 Å². The molecule has 7 heteroatoms. The van der Waals surface area contributed by atoms with E-state index in [1.165, 1.54) is 0 Å². The van der Waals surface area contributed by atoms with Gasteiger partial charge < -0.3 is 9.84 Å². The smallest absolute Gasteiger partial charge is 0.225 e. The van der Waals surface area contributed by atoms with Crippen molar-refractivity contribution in [1.29, 1.82) is 0 Å². The van der Waals surface area contributed by atoms with Crippen LogP contribution in [0.1, 0.15) is 35.7 Å². The quantitative estimate of drug-likeness (QED) is 0.595. The van der Waals surface area contributed by atoms with Crippen molar-refractivity contribution in [2.45, 2.75) is 45.4 Å². The zero-order valence-corrected chi connectivity index (χ0v) is 18.5. The number of amides is 1. The Bertz CT molecular complexity index is 1180. The lowest BCUT2D eigenvalue weighted by Gasteiger charge is -2.11. The van der Waals surface area contributed by atoms with Gasteiger partial charge in [0, 0.05) is 23.2 Å². The zero-order chi connectivity index (χ0) is 21.9. The summed E-state index contributed by atoms with van der Waals surface area (Å²) in [6.45, 7) is 7.47. The lowest BCUT2D eigenvalue weighted by Crippen LogP contribution is -2.18. The molecular weight excluding hydrogens is 400 g/mol. The molecule has 0 spiro atoms. The van der Waals surface area contributed by atoms with E-state index < -0.39 is 9.84 Å². The topological polar surface area (TPSA) is 89.3 Å². The van der Waals surface area contributed by atoms with Crippen molar-refractivity contribution in [2.24, 2.45) is 0 Å². The molecule has 1 aromatic heterocycles. The normalized spacial score (nSPS) is 11.5. The summed E-state index contributed by atoms with van der Waals surface area (Å²) in [6, 6.07) is 12.7. The SMILES string of the molecule is CCc1ccccc1NC(=O)CCS(=O)(=O)c1cc(-c2onc(C)c2C)ccc1C. The van der Waals surface area contributed by atoms with Gasteiger partial charge in [-0.3, -0.25) is 4.79 Å². The molecule has 0 bridgehead atoms. The number of carbonyl (C=O) groups is 1. The van der Waals surface area contributed by atoms with E-state index >= 15 is 0 Å². The Hall–Kier alpha value is -2.93. The fourth-order valence-electron chi connectivity index (χ4n) is 3.26. The van der Waals surface area contributed by atoms with Crippen LogP contribution >= 0.6 is 0 Å². The minimum Gasteiger partial charge on any atom is -0.356 e. The third kappa shape index (κ3) is 4.62. The first-order valence-electron chi connectivity index (χ1n) is 9.87. The monoisotopic (exact) mass is 426 g/mol. The second-order valence-electron chi connectivity index (χ2n) is 7.33. The highest BCUT2D eigenvalue weighted by molar-refractivity contribution is 7.91. The number of hydrogen-bond donors (Lipinski definition) is 1. The summed E-state index contributed by atoms with van der Waals surface area (Å²) in [5.41, 5.74) is 4.64. The molecule has 158 valence electrons. The highest BCUT2D eigenvalue weighted by atomic mass is 32.2. The molecular formula is C23H26N2O4S. The summed E-state index contributed by atoms with van der Waals surface area (Å²) < 4.78 is 31.3. The number of carbonyl (C=O) groups excluding carboxylic acids is 1. The highest BCUT2D eigenvalue weighted by Gasteiger charge is 2.21. The number of sulfone groups is 1. The lowest BCUT2D eigenvalue weighted by molar-refractivity contribution is -0.115. The van der Waals surface area contributed by atoms with E-state index in [9.17, 15) is 13.2 Å². The number of hydrogen-bond acceptors (Lipinski definition) is 5. The fraction of sp³-hybridized carbons (Fsp3) is 0.304. The van der Waals surface area contributed by atoms with Crippen LogP contribution in [0.2, 0.25) is 0 Å². The average molecular weight is 427 g/mol. The van der Waals surface area contributed by atoms with Crippen molar-refractivity contribution in [3.8, 4) is 11.3 Å². The van der Waals surface area contributed by atoms with E-state index in [1.807, 2.05) is 51.1 Å². The Kier molecular flexibility index (Phi) is 6.41. The van der Waals surface area contributed by atoms with E-state index in [4.69, 9.17) is 4.52 Å². The van der Waals surface area contributed by atoms with Crippen molar-refractivity contribution in [1.82, 2.24) is 5.16 Å². The van der Waals surface area contributed by atoms with Gasteiger partial charge in [-0.15, -0.1) is 0 Å². The van der Waals surface area contributed by atoms with Crippen LogP contribution in [0.5, 0.6) is 0 Å². The number of nitrogens with one attached hydrogen (secondary N) is 1. The number of para-hydroxylation sites is 1. The van der Waals surface area contributed by atoms with Crippen molar-refractivity contribution < 1.29 is 17.7 Å². The lowest BCUT2D eigenvalue weighted by atomic mass is 10.1. The van der Waals surface area contributed by atoms with Crippen LogP contribution < -0.4 is 5.32 Å². The fourth-order valence-corrected chi connectivity index (χ4v) is 4.80. The molecule has 0 radical (unpaired) electrons. The molecule has 30 heavy (non-hydrogen) atoms. The van der Waals surface area contributed by atoms with Crippen LogP contribution in [-0.4, -0.2) is 25.2 Å². The molecule has 0 aliphatic carbocycles. The van der Waals surface area contributed by atoms with Gasteiger partial charge in [-0.2, -0.15) is 0 Å². The van der Waals surface area contributed by atoms with Crippen LogP contribution in [0.3, 0.4) is 0 Å². The number of nitrogens with zero attached hydrogens (tertiary/aromatic N) is 1. The summed E-state index contributed by atoms with van der Waals surface area (Å²) >= 11 is 0. The maximum Gasteiger partial charge on any atom is 0.225 e. The van der Waals surface area contributed by atoms with Gasteiger partial charge in [0.2, 0.25) is 5.91 Å². The van der Waals surface area contributed by atoms with E-state index in [-0.39, 0.29) is 23.0 Å². The Morgan fingerprint density at radius 1 is 1.10 bits per heavy atom. The molecule has 3 rings (SSSR count). The van der Waals surface area contributed by atoms with Crippen LogP contribution in [-0.2, 0) is 21.1 Å². The summed E-state index contributed by atoms with van der Waals surface area (Å²) in [4.78, 5) is 12.6. The minimum absolute atomic E-state index is 0.121. The van der Waals surface area contributed by atoms with Crippen molar-refractivity contribution in [3.05, 3.63) is 64.8 Å². The maximum atomic E-state index is 13.0. The molecule has 3 aromatic rings. The summed E-state index contributed by atoms with van der Waals surface area (Å²) in [5.74, 6) is -0.0425. The molecule has 0 atom stereocenters. The van der Waals surface area contributed by atoms with Gasteiger partial charge in [0.05, 0.1) is 16.3 Å². The predicted molar refractivity (Wildman–Crippen MR) is 117 cm³/mol. The van der Waals surface area contributed by atoms with Crippen molar-refractivity contribution >= 4 is 21.4 Å². The maximum absolute atomic E-state index is 13.0. The molecule has 0 fully saturated rings. The molecule has 0 aliphatic rings. The number of aromatic nitrogens is 1. The second kappa shape index (κ2) is 8.83. The minimum atomic E-state index is -3.65. The van der Waals surface area contributed by atoms with Crippen LogP contribution in [0.25, 0.3) is 11.3 Å². The molecule has 1 amide bonds. The third-order valence-corrected chi connectivity index (χ3v) is 7.06. The molecule has 6 nitrogen and oxygen atoms in total. The number of rotatable bonds is 7. The number of aryl methyl sites for hydroxylation is 3. The van der Waals surface area contributed by atoms with Crippen LogP contribution in [0.15, 0.2) is 51.9 Å². The number of benzene rings is 2. The van der Waals surface area contributed by atoms with Crippen LogP contribution in [0.4, 0.5) is 5.69 Å². The number of anilines is 1. The summed E-state index contributed by atoms with van der Waals surface area (Å²) in [5, 5.41) is 6.76. The molecule has 0 unspecified atom stereocenters. The van der Waals surface area contributed by atoms with E-state index in [2.05, 4.69) is 10.5 Å². The molecule has 0 saturated heterocycles. The van der Waals surface area contributed by atoms with Crippen LogP contribution in [0, 0.1) is 20.8 Å². The van der Waals surface area contributed by atoms with Crippen molar-refractivity contribution in [3.63, 3.8) is 0 Å². The molecule has 1 heterocycles. The molecule has 1 N–H and O–H groups in total. The Balaban J connectivity index is 1.78. The molecule has 2 aromatic carbocycles. The highest BCUT2D eigenvalue weighted by Crippen LogP contribution is 2.29. The predicted octanol–water partition coefficient (Wildman–Crippen LogP) is 4.63. The van der Waals surface area contributed by atoms with Gasteiger partial charge in [-0.25, -0.2) is 8.42 Å².